The number of nitrogens with one attached hydrogen (secondary N) is 1. The fraction of sp³-hybridized carbons (Fsp3) is 0.125. The summed E-state index contributed by atoms with van der Waals surface area (Å²) >= 11 is -1.72. The van der Waals surface area contributed by atoms with Crippen molar-refractivity contribution in [1.82, 2.24) is 9.88 Å². The zero-order valence-corrected chi connectivity index (χ0v) is 8.98. The van der Waals surface area contributed by atoms with Crippen LogP contribution >= 0.6 is 0 Å². The van der Waals surface area contributed by atoms with Crippen LogP contribution in [0, 0.1) is 0 Å². The van der Waals surface area contributed by atoms with Crippen LogP contribution in [0.5, 0.6) is 0 Å². The number of carbonyl (C=O) groups excluding carboxylic acids is 1. The maximum atomic E-state index is 11.3. The Labute approximate surface area is 92.9 Å². The van der Waals surface area contributed by atoms with Crippen molar-refractivity contribution in [3.8, 4) is 0 Å². The first kappa shape index (κ1) is 10.6. The van der Waals surface area contributed by atoms with Crippen LogP contribution in [-0.2, 0) is 20.7 Å². The molecular formula is C8H7N3O4S. The van der Waals surface area contributed by atoms with Gasteiger partial charge in [0.1, 0.15) is 23.4 Å². The van der Waals surface area contributed by atoms with Gasteiger partial charge in [0.15, 0.2) is 0 Å². The quantitative estimate of drug-likeness (QED) is 0.717. The number of carbonyl (C=O) groups is 1. The predicted octanol–water partition coefficient (Wildman–Crippen LogP) is -0.298. The number of ether oxygens (including phenoxy) is 1. The highest BCUT2D eigenvalue weighted by molar-refractivity contribution is 7.82. The largest absolute Gasteiger partial charge is 0.464 e. The molecule has 0 amide bonds. The highest BCUT2D eigenvalue weighted by Gasteiger charge is 2.20. The highest BCUT2D eigenvalue weighted by atomic mass is 32.2. The molecule has 1 aliphatic rings. The molecule has 8 heteroatoms. The van der Waals surface area contributed by atoms with E-state index >= 15 is 0 Å². The Kier molecular flexibility index (Phi) is 2.82. The van der Waals surface area contributed by atoms with Crippen molar-refractivity contribution in [3.05, 3.63) is 29.8 Å². The van der Waals surface area contributed by atoms with Crippen molar-refractivity contribution in [3.63, 3.8) is 0 Å². The maximum Gasteiger partial charge on any atom is 0.355 e. The standard InChI is InChI=1S/C8H7N3O4S/c1-14-8(12)7-4-6(10-16(13)11-7)5-2-3-15-9-5/h2-4,11H,1H3. The first-order valence-electron chi connectivity index (χ1n) is 4.18. The molecule has 0 aromatic carbocycles. The smallest absolute Gasteiger partial charge is 0.355 e. The van der Waals surface area contributed by atoms with E-state index in [0.29, 0.717) is 11.4 Å². The second-order valence-corrected chi connectivity index (χ2v) is 3.65. The molecule has 7 nitrogen and oxygen atoms in total. The third-order valence-electron chi connectivity index (χ3n) is 1.77. The number of esters is 1. The number of methoxy groups -OCH3 is 1. The van der Waals surface area contributed by atoms with Crippen molar-refractivity contribution >= 4 is 22.9 Å². The molecule has 1 aromatic rings. The van der Waals surface area contributed by atoms with E-state index in [9.17, 15) is 9.00 Å². The minimum Gasteiger partial charge on any atom is -0.464 e. The Bertz CT molecular complexity index is 491. The van der Waals surface area contributed by atoms with Crippen molar-refractivity contribution in [1.29, 1.82) is 0 Å². The average Bonchev–Trinajstić information content (AvgIpc) is 2.80. The van der Waals surface area contributed by atoms with Gasteiger partial charge in [0, 0.05) is 6.07 Å². The monoisotopic (exact) mass is 241 g/mol. The number of allylic oxidation sites excluding steroid dienone is 1. The second-order valence-electron chi connectivity index (χ2n) is 2.76. The average molecular weight is 241 g/mol. The number of aromatic nitrogens is 1. The first-order valence-corrected chi connectivity index (χ1v) is 5.29. The molecule has 0 saturated heterocycles. The Hall–Kier alpha value is -1.96. The molecule has 84 valence electrons. The summed E-state index contributed by atoms with van der Waals surface area (Å²) in [6.45, 7) is 0. The zero-order valence-electron chi connectivity index (χ0n) is 8.17. The molecule has 0 fully saturated rings. The minimum absolute atomic E-state index is 0.0637. The lowest BCUT2D eigenvalue weighted by Crippen LogP contribution is -2.27. The topological polar surface area (TPSA) is 93.8 Å². The van der Waals surface area contributed by atoms with E-state index < -0.39 is 17.1 Å². The predicted molar refractivity (Wildman–Crippen MR) is 54.4 cm³/mol. The van der Waals surface area contributed by atoms with E-state index in [0.717, 1.165) is 0 Å². The summed E-state index contributed by atoms with van der Waals surface area (Å²) in [6, 6.07) is 1.55. The summed E-state index contributed by atoms with van der Waals surface area (Å²) < 4.78 is 26.6. The van der Waals surface area contributed by atoms with Crippen LogP contribution in [0.3, 0.4) is 0 Å². The molecule has 0 aliphatic carbocycles. The molecule has 1 aromatic heterocycles. The molecule has 1 N–H and O–H groups in total. The van der Waals surface area contributed by atoms with Gasteiger partial charge in [-0.15, -0.1) is 0 Å². The lowest BCUT2D eigenvalue weighted by molar-refractivity contribution is -0.136. The van der Waals surface area contributed by atoms with Crippen LogP contribution < -0.4 is 4.72 Å². The fourth-order valence-electron chi connectivity index (χ4n) is 1.07. The van der Waals surface area contributed by atoms with Crippen molar-refractivity contribution in [2.45, 2.75) is 0 Å². The molecular weight excluding hydrogens is 234 g/mol. The summed E-state index contributed by atoms with van der Waals surface area (Å²) in [5, 5.41) is 3.63. The summed E-state index contributed by atoms with van der Waals surface area (Å²) in [5.74, 6) is -0.621. The molecule has 1 aliphatic heterocycles. The van der Waals surface area contributed by atoms with Crippen LogP contribution in [-0.4, -0.2) is 28.2 Å². The molecule has 1 unspecified atom stereocenters. The van der Waals surface area contributed by atoms with Gasteiger partial charge in [0.25, 0.3) is 0 Å². The van der Waals surface area contributed by atoms with E-state index in [-0.39, 0.29) is 5.70 Å². The third kappa shape index (κ3) is 2.01. The normalized spacial score (nSPS) is 19.4. The molecule has 0 radical (unpaired) electrons. The Balaban J connectivity index is 2.36. The molecule has 16 heavy (non-hydrogen) atoms. The summed E-state index contributed by atoms with van der Waals surface area (Å²) in [5.41, 5.74) is 0.760. The molecule has 0 saturated carbocycles. The van der Waals surface area contributed by atoms with Crippen molar-refractivity contribution < 1.29 is 18.3 Å². The van der Waals surface area contributed by atoms with E-state index in [1.807, 2.05) is 0 Å². The second kappa shape index (κ2) is 4.27. The Morgan fingerprint density at radius 3 is 3.06 bits per heavy atom. The van der Waals surface area contributed by atoms with Gasteiger partial charge in [0.05, 0.1) is 7.11 Å². The Morgan fingerprint density at radius 2 is 2.44 bits per heavy atom. The first-order chi connectivity index (χ1) is 7.70. The lowest BCUT2D eigenvalue weighted by Gasteiger charge is -2.10. The van der Waals surface area contributed by atoms with Gasteiger partial charge in [-0.05, 0) is 6.08 Å². The highest BCUT2D eigenvalue weighted by Crippen LogP contribution is 2.09. The van der Waals surface area contributed by atoms with Gasteiger partial charge >= 0.3 is 5.97 Å². The van der Waals surface area contributed by atoms with Gasteiger partial charge in [-0.25, -0.2) is 9.00 Å². The maximum absolute atomic E-state index is 11.3. The van der Waals surface area contributed by atoms with Gasteiger partial charge < -0.3 is 9.26 Å². The molecule has 0 spiro atoms. The van der Waals surface area contributed by atoms with Crippen LogP contribution in [0.2, 0.25) is 0 Å². The number of nitrogens with zero attached hydrogens (tertiary/aromatic N) is 2. The van der Waals surface area contributed by atoms with E-state index in [1.165, 1.54) is 19.4 Å². The van der Waals surface area contributed by atoms with Gasteiger partial charge in [-0.1, -0.05) is 5.16 Å². The van der Waals surface area contributed by atoms with Crippen LogP contribution in [0.1, 0.15) is 5.69 Å². The molecule has 2 rings (SSSR count). The van der Waals surface area contributed by atoms with Gasteiger partial charge in [-0.3, -0.25) is 4.72 Å². The van der Waals surface area contributed by atoms with Crippen LogP contribution in [0.15, 0.2) is 33.0 Å². The molecule has 2 heterocycles. The van der Waals surface area contributed by atoms with E-state index in [2.05, 4.69) is 23.5 Å². The Morgan fingerprint density at radius 1 is 1.62 bits per heavy atom. The van der Waals surface area contributed by atoms with Crippen LogP contribution in [0.4, 0.5) is 0 Å². The van der Waals surface area contributed by atoms with Crippen LogP contribution in [0.25, 0.3) is 0 Å². The lowest BCUT2D eigenvalue weighted by atomic mass is 10.2. The summed E-state index contributed by atoms with van der Waals surface area (Å²) in [4.78, 5) is 11.2. The number of hydrogen-bond donors (Lipinski definition) is 1. The van der Waals surface area contributed by atoms with Gasteiger partial charge in [-0.2, -0.15) is 4.40 Å². The van der Waals surface area contributed by atoms with E-state index in [4.69, 9.17) is 0 Å². The summed E-state index contributed by atoms with van der Waals surface area (Å²) in [6.07, 6.45) is 2.75. The summed E-state index contributed by atoms with van der Waals surface area (Å²) in [7, 11) is 1.23. The SMILES string of the molecule is COC(=O)C1=CC(c2ccon2)=NS(=O)N1. The van der Waals surface area contributed by atoms with Crippen molar-refractivity contribution in [2.24, 2.45) is 4.40 Å². The van der Waals surface area contributed by atoms with Crippen molar-refractivity contribution in [2.75, 3.05) is 7.11 Å². The minimum atomic E-state index is -1.72. The molecule has 0 bridgehead atoms. The van der Waals surface area contributed by atoms with E-state index in [1.54, 1.807) is 6.07 Å². The molecule has 1 atom stereocenters. The third-order valence-corrected chi connectivity index (χ3v) is 2.52. The fourth-order valence-corrected chi connectivity index (χ4v) is 1.78. The zero-order chi connectivity index (χ0) is 11.5. The number of hydrogen-bond acceptors (Lipinski definition) is 5. The van der Waals surface area contributed by atoms with Gasteiger partial charge in [0.2, 0.25) is 11.2 Å². The number of rotatable bonds is 2.